The molecule has 9 heteroatoms. The number of amides is 2. The highest BCUT2D eigenvalue weighted by Gasteiger charge is 2.47. The average molecular weight is 595 g/mol. The van der Waals surface area contributed by atoms with Crippen LogP contribution in [0.1, 0.15) is 17.5 Å². The van der Waals surface area contributed by atoms with E-state index in [1.807, 2.05) is 6.92 Å². The fraction of sp³-hybridized carbons (Fsp3) is 0.167. The number of aryl methyl sites for hydroxylation is 1. The number of nitrogens with zero attached hydrogens (tertiary/aromatic N) is 2. The van der Waals surface area contributed by atoms with Crippen molar-refractivity contribution in [2.45, 2.75) is 30.8 Å². The van der Waals surface area contributed by atoms with Crippen molar-refractivity contribution in [1.82, 2.24) is 4.31 Å². The molecule has 0 bridgehead atoms. The predicted octanol–water partition coefficient (Wildman–Crippen LogP) is 4.78. The molecule has 0 N–H and O–H groups in total. The van der Waals surface area contributed by atoms with Crippen LogP contribution < -0.4 is 4.90 Å². The molecule has 1 unspecified atom stereocenters. The normalized spacial score (nSPS) is 16.6. The number of halogens is 2. The van der Waals surface area contributed by atoms with Crippen molar-refractivity contribution in [2.75, 3.05) is 4.90 Å². The number of anilines is 1. The summed E-state index contributed by atoms with van der Waals surface area (Å²) < 4.78 is 29.4. The van der Waals surface area contributed by atoms with Crippen LogP contribution in [0.4, 0.5) is 5.69 Å². The van der Waals surface area contributed by atoms with E-state index in [0.717, 1.165) is 18.3 Å². The van der Waals surface area contributed by atoms with E-state index in [-0.39, 0.29) is 17.9 Å². The Hall–Kier alpha value is -2.27. The van der Waals surface area contributed by atoms with Gasteiger partial charge in [-0.2, -0.15) is 4.31 Å². The van der Waals surface area contributed by atoms with Gasteiger partial charge in [-0.25, -0.2) is 13.3 Å². The van der Waals surface area contributed by atoms with E-state index in [1.165, 1.54) is 12.1 Å². The van der Waals surface area contributed by atoms with Gasteiger partial charge >= 0.3 is 0 Å². The Bertz CT molecular complexity index is 1310. The van der Waals surface area contributed by atoms with Gasteiger partial charge < -0.3 is 0 Å². The minimum absolute atomic E-state index is 0.0492. The Labute approximate surface area is 211 Å². The highest BCUT2D eigenvalue weighted by Crippen LogP contribution is 2.32. The zero-order valence-electron chi connectivity index (χ0n) is 17.6. The van der Waals surface area contributed by atoms with E-state index in [1.54, 1.807) is 60.7 Å². The molecule has 4 rings (SSSR count). The molecule has 6 nitrogen and oxygen atoms in total. The van der Waals surface area contributed by atoms with Crippen molar-refractivity contribution in [3.05, 3.63) is 92.5 Å². The van der Waals surface area contributed by atoms with Crippen LogP contribution in [0.5, 0.6) is 0 Å². The molecule has 1 heterocycles. The molecule has 1 atom stereocenters. The van der Waals surface area contributed by atoms with Gasteiger partial charge in [0, 0.05) is 15.1 Å². The van der Waals surface area contributed by atoms with Crippen LogP contribution in [-0.2, 0) is 26.2 Å². The van der Waals surface area contributed by atoms with E-state index in [9.17, 15) is 18.0 Å². The molecule has 1 saturated heterocycles. The first-order valence-electron chi connectivity index (χ1n) is 10.1. The first-order chi connectivity index (χ1) is 15.7. The molecule has 0 spiro atoms. The van der Waals surface area contributed by atoms with Crippen LogP contribution in [0.25, 0.3) is 0 Å². The second kappa shape index (κ2) is 9.54. The van der Waals surface area contributed by atoms with Crippen molar-refractivity contribution >= 4 is 61.7 Å². The van der Waals surface area contributed by atoms with Crippen molar-refractivity contribution in [3.63, 3.8) is 0 Å². The van der Waals surface area contributed by atoms with Gasteiger partial charge in [0.05, 0.1) is 17.0 Å². The van der Waals surface area contributed by atoms with Crippen LogP contribution in [0.3, 0.4) is 0 Å². The highest BCUT2D eigenvalue weighted by molar-refractivity contribution is 14.1. The summed E-state index contributed by atoms with van der Waals surface area (Å²) in [7, 11) is -4.11. The van der Waals surface area contributed by atoms with Crippen LogP contribution in [0.15, 0.2) is 77.7 Å². The molecule has 2 amide bonds. The van der Waals surface area contributed by atoms with Gasteiger partial charge in [-0.05, 0) is 77.5 Å². The third kappa shape index (κ3) is 4.84. The van der Waals surface area contributed by atoms with Crippen LogP contribution in [-0.4, -0.2) is 30.6 Å². The smallest absolute Gasteiger partial charge is 0.252 e. The lowest BCUT2D eigenvalue weighted by molar-refractivity contribution is -0.122. The minimum Gasteiger partial charge on any atom is -0.274 e. The van der Waals surface area contributed by atoms with Crippen molar-refractivity contribution in [2.24, 2.45) is 0 Å². The first kappa shape index (κ1) is 23.9. The Morgan fingerprint density at radius 2 is 1.64 bits per heavy atom. The number of benzene rings is 3. The molecule has 3 aromatic carbocycles. The largest absolute Gasteiger partial charge is 0.274 e. The second-order valence-corrected chi connectivity index (χ2v) is 11.3. The minimum atomic E-state index is -4.11. The lowest BCUT2D eigenvalue weighted by Crippen LogP contribution is -2.45. The molecule has 1 aliphatic rings. The van der Waals surface area contributed by atoms with E-state index in [2.05, 4.69) is 22.6 Å². The number of carbonyl (C=O) groups excluding carboxylic acids is 2. The van der Waals surface area contributed by atoms with Crippen molar-refractivity contribution < 1.29 is 18.0 Å². The lowest BCUT2D eigenvalue weighted by atomic mass is 10.2. The van der Waals surface area contributed by atoms with Gasteiger partial charge in [0.1, 0.15) is 6.04 Å². The number of hydrogen-bond acceptors (Lipinski definition) is 4. The fourth-order valence-electron chi connectivity index (χ4n) is 3.71. The van der Waals surface area contributed by atoms with E-state index in [4.69, 9.17) is 11.6 Å². The van der Waals surface area contributed by atoms with Crippen molar-refractivity contribution in [3.8, 4) is 0 Å². The SMILES string of the molecule is Cc1ccc(S(=O)(=O)N(Cc2ccccc2Cl)C2CC(=O)N(c3ccc(I)cc3)C2=O)cc1. The van der Waals surface area contributed by atoms with Gasteiger partial charge in [0.25, 0.3) is 5.91 Å². The molecule has 0 saturated carbocycles. The molecule has 170 valence electrons. The second-order valence-electron chi connectivity index (χ2n) is 7.72. The third-order valence-electron chi connectivity index (χ3n) is 5.47. The standard InChI is InChI=1S/C24H20ClIN2O4S/c1-16-6-12-20(13-7-16)33(31,32)27(15-17-4-2-3-5-21(17)25)22-14-23(29)28(24(22)30)19-10-8-18(26)9-11-19/h2-13,22H,14-15H2,1H3. The van der Waals surface area contributed by atoms with Crippen LogP contribution in [0.2, 0.25) is 5.02 Å². The number of carbonyl (C=O) groups is 2. The Balaban J connectivity index is 1.77. The number of hydrogen-bond donors (Lipinski definition) is 0. The number of rotatable bonds is 6. The summed E-state index contributed by atoms with van der Waals surface area (Å²) >= 11 is 8.44. The third-order valence-corrected chi connectivity index (χ3v) is 8.42. The van der Waals surface area contributed by atoms with Gasteiger partial charge in [-0.3, -0.25) is 9.59 Å². The fourth-order valence-corrected chi connectivity index (χ4v) is 5.82. The molecular weight excluding hydrogens is 575 g/mol. The summed E-state index contributed by atoms with van der Waals surface area (Å²) in [6, 6.07) is 19.0. The summed E-state index contributed by atoms with van der Waals surface area (Å²) in [5, 5.41) is 0.382. The molecule has 3 aromatic rings. The van der Waals surface area contributed by atoms with Crippen LogP contribution >= 0.6 is 34.2 Å². The van der Waals surface area contributed by atoms with E-state index < -0.39 is 27.9 Å². The summed E-state index contributed by atoms with van der Waals surface area (Å²) in [5.41, 5.74) is 1.87. The van der Waals surface area contributed by atoms with E-state index >= 15 is 0 Å². The zero-order chi connectivity index (χ0) is 23.8. The molecule has 1 aliphatic heterocycles. The molecule has 0 aliphatic carbocycles. The monoisotopic (exact) mass is 594 g/mol. The average Bonchev–Trinajstić information content (AvgIpc) is 3.07. The van der Waals surface area contributed by atoms with Gasteiger partial charge in [-0.1, -0.05) is 47.5 Å². The Morgan fingerprint density at radius 1 is 1.00 bits per heavy atom. The number of imide groups is 1. The van der Waals surface area contributed by atoms with Crippen molar-refractivity contribution in [1.29, 1.82) is 0 Å². The van der Waals surface area contributed by atoms with Gasteiger partial charge in [0.15, 0.2) is 0 Å². The maximum Gasteiger partial charge on any atom is 0.252 e. The summed E-state index contributed by atoms with van der Waals surface area (Å²) in [5.74, 6) is -1.03. The molecule has 1 fully saturated rings. The van der Waals surface area contributed by atoms with Crippen LogP contribution in [0, 0.1) is 10.5 Å². The maximum absolute atomic E-state index is 13.7. The summed E-state index contributed by atoms with van der Waals surface area (Å²) in [6.45, 7) is 1.72. The number of sulfonamides is 1. The van der Waals surface area contributed by atoms with Gasteiger partial charge in [-0.15, -0.1) is 0 Å². The Morgan fingerprint density at radius 3 is 2.27 bits per heavy atom. The molecule has 33 heavy (non-hydrogen) atoms. The maximum atomic E-state index is 13.7. The summed E-state index contributed by atoms with van der Waals surface area (Å²) in [6.07, 6.45) is -0.250. The molecular formula is C24H20ClIN2O4S. The molecule has 0 radical (unpaired) electrons. The zero-order valence-corrected chi connectivity index (χ0v) is 21.3. The van der Waals surface area contributed by atoms with Gasteiger partial charge in [0.2, 0.25) is 15.9 Å². The predicted molar refractivity (Wildman–Crippen MR) is 135 cm³/mol. The molecule has 0 aromatic heterocycles. The highest BCUT2D eigenvalue weighted by atomic mass is 127. The Kier molecular flexibility index (Phi) is 6.90. The quantitative estimate of drug-likeness (QED) is 0.304. The summed E-state index contributed by atoms with van der Waals surface area (Å²) in [4.78, 5) is 27.4. The first-order valence-corrected chi connectivity index (χ1v) is 13.0. The van der Waals surface area contributed by atoms with E-state index in [0.29, 0.717) is 16.3 Å². The topological polar surface area (TPSA) is 74.8 Å². The lowest BCUT2D eigenvalue weighted by Gasteiger charge is -2.27.